The number of nitro benzene ring substituents is 1. The van der Waals surface area contributed by atoms with Crippen LogP contribution in [-0.4, -0.2) is 11.0 Å². The van der Waals surface area contributed by atoms with Gasteiger partial charge in [0.05, 0.1) is 4.92 Å². The number of nitrogens with one attached hydrogen (secondary N) is 1. The highest BCUT2D eigenvalue weighted by atomic mass is 19.1. The zero-order valence-corrected chi connectivity index (χ0v) is 11.3. The molecular formula is C16H15FN2O2. The van der Waals surface area contributed by atoms with Crippen molar-refractivity contribution >= 4 is 5.69 Å². The Kier molecular flexibility index (Phi) is 3.66. The molecule has 0 aromatic heterocycles. The first-order valence-electron chi connectivity index (χ1n) is 6.86. The maximum absolute atomic E-state index is 13.2. The van der Waals surface area contributed by atoms with Crippen LogP contribution in [0.5, 0.6) is 0 Å². The number of hydrogen-bond donors (Lipinski definition) is 1. The number of nitrogens with zero attached hydrogens (tertiary/aromatic N) is 1. The van der Waals surface area contributed by atoms with E-state index >= 15 is 0 Å². The van der Waals surface area contributed by atoms with Crippen LogP contribution in [0.3, 0.4) is 0 Å². The second kappa shape index (κ2) is 5.61. The van der Waals surface area contributed by atoms with Crippen molar-refractivity contribution in [1.82, 2.24) is 5.32 Å². The first kappa shape index (κ1) is 13.7. The normalized spacial score (nSPS) is 20.2. The maximum Gasteiger partial charge on any atom is 0.274 e. The molecule has 0 heterocycles. The molecule has 2 aromatic rings. The first-order chi connectivity index (χ1) is 10.1. The molecule has 4 nitrogen and oxygen atoms in total. The smallest absolute Gasteiger partial charge is 0.274 e. The largest absolute Gasteiger partial charge is 0.309 e. The molecule has 2 atom stereocenters. The fraction of sp³-hybridized carbons (Fsp3) is 0.250. The molecular weight excluding hydrogens is 271 g/mol. The van der Waals surface area contributed by atoms with Crippen molar-refractivity contribution in [3.63, 3.8) is 0 Å². The Bertz CT molecular complexity index is 661. The fourth-order valence-electron chi connectivity index (χ4n) is 2.60. The molecule has 21 heavy (non-hydrogen) atoms. The second-order valence-corrected chi connectivity index (χ2v) is 5.27. The summed E-state index contributed by atoms with van der Waals surface area (Å²) in [5.74, 6) is -0.00776. The number of hydrogen-bond acceptors (Lipinski definition) is 3. The quantitative estimate of drug-likeness (QED) is 0.677. The third kappa shape index (κ3) is 3.08. The lowest BCUT2D eigenvalue weighted by molar-refractivity contribution is -0.385. The van der Waals surface area contributed by atoms with Crippen LogP contribution in [0.4, 0.5) is 10.1 Å². The fourth-order valence-corrected chi connectivity index (χ4v) is 2.60. The Balaban J connectivity index is 1.64. The number of rotatable bonds is 5. The zero-order valence-electron chi connectivity index (χ0n) is 11.3. The van der Waals surface area contributed by atoms with E-state index in [2.05, 4.69) is 17.4 Å². The van der Waals surface area contributed by atoms with Gasteiger partial charge in [0.2, 0.25) is 0 Å². The summed E-state index contributed by atoms with van der Waals surface area (Å²) >= 11 is 0. The zero-order chi connectivity index (χ0) is 14.8. The van der Waals surface area contributed by atoms with Crippen LogP contribution < -0.4 is 5.32 Å². The lowest BCUT2D eigenvalue weighted by Gasteiger charge is -2.06. The molecule has 2 unspecified atom stereocenters. The van der Waals surface area contributed by atoms with Crippen molar-refractivity contribution in [2.45, 2.75) is 24.9 Å². The van der Waals surface area contributed by atoms with Crippen LogP contribution >= 0.6 is 0 Å². The third-order valence-electron chi connectivity index (χ3n) is 3.81. The minimum absolute atomic E-state index is 0.0409. The van der Waals surface area contributed by atoms with E-state index in [1.165, 1.54) is 17.7 Å². The van der Waals surface area contributed by atoms with Crippen molar-refractivity contribution in [2.24, 2.45) is 0 Å². The summed E-state index contributed by atoms with van der Waals surface area (Å²) in [4.78, 5) is 10.5. The van der Waals surface area contributed by atoms with E-state index in [9.17, 15) is 14.5 Å². The van der Waals surface area contributed by atoms with Gasteiger partial charge in [0.15, 0.2) is 0 Å². The number of halogens is 1. The van der Waals surface area contributed by atoms with Crippen LogP contribution in [0.1, 0.15) is 23.5 Å². The summed E-state index contributed by atoms with van der Waals surface area (Å²) in [6.45, 7) is 0.308. The minimum Gasteiger partial charge on any atom is -0.309 e. The molecule has 1 fully saturated rings. The highest BCUT2D eigenvalue weighted by Crippen LogP contribution is 2.40. The highest BCUT2D eigenvalue weighted by Gasteiger charge is 2.37. The molecule has 0 aliphatic heterocycles. The van der Waals surface area contributed by atoms with Gasteiger partial charge in [-0.3, -0.25) is 10.1 Å². The lowest BCUT2D eigenvalue weighted by Crippen LogP contribution is -2.18. The molecule has 2 aromatic carbocycles. The van der Waals surface area contributed by atoms with E-state index in [-0.39, 0.29) is 5.69 Å². The Morgan fingerprint density at radius 1 is 1.24 bits per heavy atom. The average molecular weight is 286 g/mol. The van der Waals surface area contributed by atoms with Crippen LogP contribution in [0.15, 0.2) is 48.5 Å². The van der Waals surface area contributed by atoms with Crippen LogP contribution in [-0.2, 0) is 6.54 Å². The molecule has 0 bridgehead atoms. The van der Waals surface area contributed by atoms with Crippen molar-refractivity contribution in [3.8, 4) is 0 Å². The Labute approximate surface area is 121 Å². The van der Waals surface area contributed by atoms with Crippen molar-refractivity contribution in [1.29, 1.82) is 0 Å². The summed E-state index contributed by atoms with van der Waals surface area (Å²) in [7, 11) is 0. The van der Waals surface area contributed by atoms with Gasteiger partial charge in [-0.05, 0) is 24.1 Å². The summed E-state index contributed by atoms with van der Waals surface area (Å²) in [5.41, 5.74) is 1.61. The van der Waals surface area contributed by atoms with Crippen LogP contribution in [0.2, 0.25) is 0 Å². The van der Waals surface area contributed by atoms with Crippen molar-refractivity contribution in [3.05, 3.63) is 75.6 Å². The molecule has 0 spiro atoms. The van der Waals surface area contributed by atoms with E-state index in [4.69, 9.17) is 0 Å². The van der Waals surface area contributed by atoms with Gasteiger partial charge in [-0.15, -0.1) is 0 Å². The Morgan fingerprint density at radius 2 is 2.00 bits per heavy atom. The van der Waals surface area contributed by atoms with Crippen LogP contribution in [0, 0.1) is 15.9 Å². The lowest BCUT2D eigenvalue weighted by atomic mass is 10.1. The summed E-state index contributed by atoms with van der Waals surface area (Å²) in [5, 5.41) is 14.2. The molecule has 1 aliphatic carbocycles. The summed E-state index contributed by atoms with van der Waals surface area (Å²) in [6.07, 6.45) is 1.01. The third-order valence-corrected chi connectivity index (χ3v) is 3.81. The topological polar surface area (TPSA) is 55.2 Å². The van der Waals surface area contributed by atoms with E-state index in [1.54, 1.807) is 0 Å². The molecule has 0 radical (unpaired) electrons. The maximum atomic E-state index is 13.2. The van der Waals surface area contributed by atoms with E-state index in [0.717, 1.165) is 12.5 Å². The van der Waals surface area contributed by atoms with Gasteiger partial charge in [0.1, 0.15) is 5.82 Å². The highest BCUT2D eigenvalue weighted by molar-refractivity contribution is 5.40. The van der Waals surface area contributed by atoms with Gasteiger partial charge in [-0.1, -0.05) is 30.3 Å². The van der Waals surface area contributed by atoms with Crippen molar-refractivity contribution < 1.29 is 9.31 Å². The Hall–Kier alpha value is -2.27. The first-order valence-corrected chi connectivity index (χ1v) is 6.86. The van der Waals surface area contributed by atoms with Gasteiger partial charge in [-0.2, -0.15) is 0 Å². The van der Waals surface area contributed by atoms with Gasteiger partial charge < -0.3 is 5.32 Å². The van der Waals surface area contributed by atoms with E-state index in [1.807, 2.05) is 18.2 Å². The van der Waals surface area contributed by atoms with Gasteiger partial charge in [-0.25, -0.2) is 4.39 Å². The van der Waals surface area contributed by atoms with E-state index < -0.39 is 10.7 Å². The molecule has 5 heteroatoms. The molecule has 3 rings (SSSR count). The monoisotopic (exact) mass is 286 g/mol. The van der Waals surface area contributed by atoms with Crippen LogP contribution in [0.25, 0.3) is 0 Å². The predicted molar refractivity (Wildman–Crippen MR) is 77.5 cm³/mol. The van der Waals surface area contributed by atoms with Gasteiger partial charge in [0, 0.05) is 30.1 Å². The molecule has 108 valence electrons. The summed E-state index contributed by atoms with van der Waals surface area (Å²) in [6, 6.07) is 14.0. The SMILES string of the molecule is O=[N+]([O-])c1ccc(F)cc1CNC1CC1c1ccccc1. The number of benzene rings is 2. The molecule has 1 saturated carbocycles. The minimum atomic E-state index is -0.474. The molecule has 1 aliphatic rings. The summed E-state index contributed by atoms with van der Waals surface area (Å²) < 4.78 is 13.2. The second-order valence-electron chi connectivity index (χ2n) is 5.27. The average Bonchev–Trinajstić information content (AvgIpc) is 3.25. The molecule has 1 N–H and O–H groups in total. The molecule has 0 saturated heterocycles. The van der Waals surface area contributed by atoms with E-state index in [0.29, 0.717) is 24.1 Å². The predicted octanol–water partition coefficient (Wildman–Crippen LogP) is 3.38. The Morgan fingerprint density at radius 3 is 2.71 bits per heavy atom. The standard InChI is InChI=1S/C16H15FN2O2/c17-13-6-7-16(19(20)21)12(8-13)10-18-15-9-14(15)11-4-2-1-3-5-11/h1-8,14-15,18H,9-10H2. The van der Waals surface area contributed by atoms with Crippen molar-refractivity contribution in [2.75, 3.05) is 0 Å². The van der Waals surface area contributed by atoms with Gasteiger partial charge in [0.25, 0.3) is 5.69 Å². The molecule has 0 amide bonds. The van der Waals surface area contributed by atoms with Gasteiger partial charge >= 0.3 is 0 Å². The number of nitro groups is 1.